The molecule has 3 heteroatoms. The first-order chi connectivity index (χ1) is 8.19. The molecule has 0 radical (unpaired) electrons. The Balaban J connectivity index is 1.97. The molecule has 1 atom stereocenters. The molecule has 1 unspecified atom stereocenters. The second kappa shape index (κ2) is 4.14. The molecule has 1 saturated heterocycles. The molecule has 0 amide bonds. The predicted molar refractivity (Wildman–Crippen MR) is 73.3 cm³/mol. The highest BCUT2D eigenvalue weighted by Crippen LogP contribution is 2.42. The van der Waals surface area contributed by atoms with Gasteiger partial charge in [-0.25, -0.2) is 0 Å². The molecule has 2 aliphatic rings. The van der Waals surface area contributed by atoms with Gasteiger partial charge in [0.25, 0.3) is 0 Å². The minimum absolute atomic E-state index is 0.0594. The maximum absolute atomic E-state index is 6.24. The summed E-state index contributed by atoms with van der Waals surface area (Å²) in [5.41, 5.74) is 2.28. The number of ether oxygens (including phenoxy) is 1. The molecule has 1 aromatic carbocycles. The first-order valence-electron chi connectivity index (χ1n) is 6.06. The SMILES string of the molecule is C=C1CC2(CCCNC2)Oc2ccc(Br)cc21. The van der Waals surface area contributed by atoms with Crippen molar-refractivity contribution in [2.24, 2.45) is 0 Å². The standard InChI is InChI=1S/C14H16BrNO/c1-10-8-14(5-2-6-16-9-14)17-13-4-3-11(15)7-12(10)13/h3-4,7,16H,1-2,5-6,8-9H2. The Labute approximate surface area is 110 Å². The highest BCUT2D eigenvalue weighted by molar-refractivity contribution is 9.10. The van der Waals surface area contributed by atoms with Gasteiger partial charge in [0.05, 0.1) is 0 Å². The molecule has 0 bridgehead atoms. The largest absolute Gasteiger partial charge is 0.485 e. The van der Waals surface area contributed by atoms with Crippen LogP contribution in [0.25, 0.3) is 5.57 Å². The first kappa shape index (κ1) is 11.3. The van der Waals surface area contributed by atoms with E-state index >= 15 is 0 Å². The lowest BCUT2D eigenvalue weighted by Crippen LogP contribution is -2.51. The zero-order valence-electron chi connectivity index (χ0n) is 9.76. The van der Waals surface area contributed by atoms with Crippen molar-refractivity contribution in [1.29, 1.82) is 0 Å². The van der Waals surface area contributed by atoms with E-state index in [1.165, 1.54) is 12.0 Å². The van der Waals surface area contributed by atoms with Crippen molar-refractivity contribution in [3.63, 3.8) is 0 Å². The number of piperidine rings is 1. The summed E-state index contributed by atoms with van der Waals surface area (Å²) in [7, 11) is 0. The second-order valence-corrected chi connectivity index (χ2v) is 5.90. The fraction of sp³-hybridized carbons (Fsp3) is 0.429. The Morgan fingerprint density at radius 3 is 3.06 bits per heavy atom. The van der Waals surface area contributed by atoms with E-state index < -0.39 is 0 Å². The Morgan fingerprint density at radius 1 is 1.41 bits per heavy atom. The molecule has 90 valence electrons. The lowest BCUT2D eigenvalue weighted by atomic mass is 9.83. The monoisotopic (exact) mass is 293 g/mol. The Kier molecular flexibility index (Phi) is 2.75. The summed E-state index contributed by atoms with van der Waals surface area (Å²) >= 11 is 3.50. The van der Waals surface area contributed by atoms with Crippen LogP contribution in [0.1, 0.15) is 24.8 Å². The topological polar surface area (TPSA) is 21.3 Å². The van der Waals surface area contributed by atoms with Crippen LogP contribution in [0.3, 0.4) is 0 Å². The number of fused-ring (bicyclic) bond motifs is 1. The van der Waals surface area contributed by atoms with E-state index in [0.29, 0.717) is 0 Å². The molecule has 17 heavy (non-hydrogen) atoms. The van der Waals surface area contributed by atoms with E-state index in [1.54, 1.807) is 0 Å². The molecule has 0 aromatic heterocycles. The summed E-state index contributed by atoms with van der Waals surface area (Å²) in [5, 5.41) is 3.43. The van der Waals surface area contributed by atoms with E-state index in [9.17, 15) is 0 Å². The van der Waals surface area contributed by atoms with Crippen molar-refractivity contribution in [2.45, 2.75) is 24.9 Å². The fourth-order valence-electron chi connectivity index (χ4n) is 2.80. The summed E-state index contributed by atoms with van der Waals surface area (Å²) in [4.78, 5) is 0. The van der Waals surface area contributed by atoms with Crippen LogP contribution >= 0.6 is 15.9 Å². The molecule has 1 aromatic rings. The average Bonchev–Trinajstić information content (AvgIpc) is 2.31. The van der Waals surface area contributed by atoms with Gasteiger partial charge < -0.3 is 10.1 Å². The zero-order chi connectivity index (χ0) is 11.9. The van der Waals surface area contributed by atoms with Crippen LogP contribution in [-0.2, 0) is 0 Å². The van der Waals surface area contributed by atoms with Crippen LogP contribution < -0.4 is 10.1 Å². The summed E-state index contributed by atoms with van der Waals surface area (Å²) in [6, 6.07) is 6.17. The molecule has 3 rings (SSSR count). The quantitative estimate of drug-likeness (QED) is 0.792. The molecule has 2 aliphatic heterocycles. The van der Waals surface area contributed by atoms with Crippen molar-refractivity contribution >= 4 is 21.5 Å². The van der Waals surface area contributed by atoms with Gasteiger partial charge in [0, 0.05) is 23.0 Å². The average molecular weight is 294 g/mol. The minimum Gasteiger partial charge on any atom is -0.485 e. The molecule has 1 N–H and O–H groups in total. The number of benzene rings is 1. The number of rotatable bonds is 0. The second-order valence-electron chi connectivity index (χ2n) is 4.99. The zero-order valence-corrected chi connectivity index (χ0v) is 11.3. The fourth-order valence-corrected chi connectivity index (χ4v) is 3.16. The van der Waals surface area contributed by atoms with Crippen LogP contribution in [0.15, 0.2) is 29.3 Å². The molecular weight excluding hydrogens is 278 g/mol. The van der Waals surface area contributed by atoms with Gasteiger partial charge in [-0.2, -0.15) is 0 Å². The van der Waals surface area contributed by atoms with E-state index in [2.05, 4.69) is 33.9 Å². The smallest absolute Gasteiger partial charge is 0.127 e. The number of nitrogens with one attached hydrogen (secondary N) is 1. The highest BCUT2D eigenvalue weighted by Gasteiger charge is 2.38. The van der Waals surface area contributed by atoms with Gasteiger partial charge in [0.2, 0.25) is 0 Å². The molecule has 2 nitrogen and oxygen atoms in total. The molecular formula is C14H16BrNO. The third-order valence-electron chi connectivity index (χ3n) is 3.62. The van der Waals surface area contributed by atoms with Crippen molar-refractivity contribution in [2.75, 3.05) is 13.1 Å². The van der Waals surface area contributed by atoms with Crippen LogP contribution in [0.5, 0.6) is 5.75 Å². The van der Waals surface area contributed by atoms with Gasteiger partial charge >= 0.3 is 0 Å². The lowest BCUT2D eigenvalue weighted by Gasteiger charge is -2.42. The normalized spacial score (nSPS) is 27.7. The molecule has 0 saturated carbocycles. The molecule has 1 fully saturated rings. The molecule has 1 spiro atoms. The van der Waals surface area contributed by atoms with Crippen LogP contribution in [0.4, 0.5) is 0 Å². The van der Waals surface area contributed by atoms with Crippen molar-refractivity contribution in [3.8, 4) is 5.75 Å². The summed E-state index contributed by atoms with van der Waals surface area (Å²) in [6.45, 7) is 6.25. The number of halogens is 1. The van der Waals surface area contributed by atoms with Crippen molar-refractivity contribution in [3.05, 3.63) is 34.8 Å². The lowest BCUT2D eigenvalue weighted by molar-refractivity contribution is 0.0417. The summed E-state index contributed by atoms with van der Waals surface area (Å²) < 4.78 is 7.32. The van der Waals surface area contributed by atoms with Gasteiger partial charge in [-0.1, -0.05) is 22.5 Å². The van der Waals surface area contributed by atoms with Crippen LogP contribution in [-0.4, -0.2) is 18.7 Å². The maximum atomic E-state index is 6.24. The van der Waals surface area contributed by atoms with Gasteiger partial charge in [-0.15, -0.1) is 0 Å². The summed E-state index contributed by atoms with van der Waals surface area (Å²) in [6.07, 6.45) is 3.23. The van der Waals surface area contributed by atoms with E-state index in [-0.39, 0.29) is 5.60 Å². The van der Waals surface area contributed by atoms with E-state index in [1.807, 2.05) is 12.1 Å². The Morgan fingerprint density at radius 2 is 2.29 bits per heavy atom. The maximum Gasteiger partial charge on any atom is 0.127 e. The van der Waals surface area contributed by atoms with Gasteiger partial charge in [0.1, 0.15) is 11.4 Å². The molecule has 2 heterocycles. The van der Waals surface area contributed by atoms with Crippen molar-refractivity contribution < 1.29 is 4.74 Å². The minimum atomic E-state index is -0.0594. The third-order valence-corrected chi connectivity index (χ3v) is 4.11. The Hall–Kier alpha value is -0.800. The van der Waals surface area contributed by atoms with Gasteiger partial charge in [-0.3, -0.25) is 0 Å². The predicted octanol–water partition coefficient (Wildman–Crippen LogP) is 3.37. The van der Waals surface area contributed by atoms with E-state index in [4.69, 9.17) is 4.74 Å². The number of hydrogen-bond donors (Lipinski definition) is 1. The van der Waals surface area contributed by atoms with Crippen molar-refractivity contribution in [1.82, 2.24) is 5.32 Å². The van der Waals surface area contributed by atoms with Crippen LogP contribution in [0, 0.1) is 0 Å². The van der Waals surface area contributed by atoms with E-state index in [0.717, 1.165) is 41.7 Å². The molecule has 0 aliphatic carbocycles. The van der Waals surface area contributed by atoms with Crippen LogP contribution in [0.2, 0.25) is 0 Å². The van der Waals surface area contributed by atoms with Gasteiger partial charge in [-0.05, 0) is 43.2 Å². The van der Waals surface area contributed by atoms with Gasteiger partial charge in [0.15, 0.2) is 0 Å². The highest BCUT2D eigenvalue weighted by atomic mass is 79.9. The number of hydrogen-bond acceptors (Lipinski definition) is 2. The first-order valence-corrected chi connectivity index (χ1v) is 6.85. The Bertz CT molecular complexity index is 463. The summed E-state index contributed by atoms with van der Waals surface area (Å²) in [5.74, 6) is 0.980. The third kappa shape index (κ3) is 2.02.